The number of hydrogen-bond acceptors (Lipinski definition) is 3. The van der Waals surface area contributed by atoms with E-state index in [1.54, 1.807) is 0 Å². The molecule has 1 heterocycles. The van der Waals surface area contributed by atoms with Crippen molar-refractivity contribution < 1.29 is 53.1 Å². The molecule has 13 heteroatoms. The zero-order valence-corrected chi connectivity index (χ0v) is 11.0. The molecular formula is C12F10O3. The van der Waals surface area contributed by atoms with Crippen molar-refractivity contribution >= 4 is 16.6 Å². The molecule has 3 nitrogen and oxygen atoms in total. The summed E-state index contributed by atoms with van der Waals surface area (Å²) in [6.07, 6.45) is -12.0. The maximum Gasteiger partial charge on any atom is 0.455 e. The number of fused-ring (bicyclic) bond motifs is 1. The molecule has 0 bridgehead atoms. The molecule has 0 aliphatic rings. The SMILES string of the molecule is O=C(c1c(C(F)(F)F)oc(=O)c2c(F)c(F)c(F)c(F)c12)C(F)(F)F. The van der Waals surface area contributed by atoms with Gasteiger partial charge in [-0.15, -0.1) is 0 Å². The minimum absolute atomic E-state index is 2.11. The maximum absolute atomic E-state index is 13.7. The normalized spacial score (nSPS) is 12.7. The second-order valence-electron chi connectivity index (χ2n) is 4.42. The van der Waals surface area contributed by atoms with Gasteiger partial charge in [0.15, 0.2) is 23.3 Å². The van der Waals surface area contributed by atoms with Crippen LogP contribution in [-0.4, -0.2) is 12.0 Å². The second-order valence-corrected chi connectivity index (χ2v) is 4.42. The Morgan fingerprint density at radius 3 is 1.60 bits per heavy atom. The van der Waals surface area contributed by atoms with Gasteiger partial charge in [0.25, 0.3) is 5.78 Å². The first-order chi connectivity index (χ1) is 11.2. The van der Waals surface area contributed by atoms with Gasteiger partial charge in [0, 0.05) is 5.39 Å². The lowest BCUT2D eigenvalue weighted by Crippen LogP contribution is -2.28. The number of rotatable bonds is 1. The fourth-order valence-electron chi connectivity index (χ4n) is 1.92. The Morgan fingerprint density at radius 1 is 0.760 bits per heavy atom. The molecule has 0 radical (unpaired) electrons. The van der Waals surface area contributed by atoms with E-state index in [1.807, 2.05) is 0 Å². The molecular weight excluding hydrogens is 382 g/mol. The van der Waals surface area contributed by atoms with Gasteiger partial charge >= 0.3 is 18.0 Å². The van der Waals surface area contributed by atoms with Crippen LogP contribution in [0.1, 0.15) is 16.1 Å². The van der Waals surface area contributed by atoms with Crippen LogP contribution in [0, 0.1) is 23.3 Å². The Labute approximate surface area is 128 Å². The van der Waals surface area contributed by atoms with E-state index in [2.05, 4.69) is 4.42 Å². The predicted octanol–water partition coefficient (Wildman–Crippen LogP) is 4.11. The summed E-state index contributed by atoms with van der Waals surface area (Å²) >= 11 is 0. The number of carbonyl (C=O) groups is 1. The van der Waals surface area contributed by atoms with E-state index in [-0.39, 0.29) is 0 Å². The van der Waals surface area contributed by atoms with Crippen molar-refractivity contribution in [2.75, 3.05) is 0 Å². The van der Waals surface area contributed by atoms with Crippen LogP contribution in [0.3, 0.4) is 0 Å². The first-order valence-electron chi connectivity index (χ1n) is 5.71. The number of halogens is 10. The highest BCUT2D eigenvalue weighted by molar-refractivity contribution is 6.11. The average Bonchev–Trinajstić information content (AvgIpc) is 2.47. The first-order valence-corrected chi connectivity index (χ1v) is 5.71. The Morgan fingerprint density at radius 2 is 1.20 bits per heavy atom. The minimum Gasteiger partial charge on any atom is -0.417 e. The standard InChI is InChI=1S/C12F10O3/c13-4-1-2(5(14)7(16)6(4)15)10(24)25-9(12(20,21)22)3(1)8(23)11(17,18)19. The highest BCUT2D eigenvalue weighted by Crippen LogP contribution is 2.39. The number of carbonyl (C=O) groups excluding carboxylic acids is 1. The number of Topliss-reactive ketones (excluding diaryl/α,β-unsaturated/α-hetero) is 1. The molecule has 1 aromatic carbocycles. The third-order valence-electron chi connectivity index (χ3n) is 2.89. The third-order valence-corrected chi connectivity index (χ3v) is 2.89. The van der Waals surface area contributed by atoms with E-state index < -0.39 is 69.1 Å². The summed E-state index contributed by atoms with van der Waals surface area (Å²) in [6.45, 7) is 0. The van der Waals surface area contributed by atoms with E-state index in [0.717, 1.165) is 0 Å². The lowest BCUT2D eigenvalue weighted by molar-refractivity contribution is -0.155. The van der Waals surface area contributed by atoms with Crippen LogP contribution in [0.25, 0.3) is 10.8 Å². The zero-order valence-electron chi connectivity index (χ0n) is 11.0. The van der Waals surface area contributed by atoms with E-state index >= 15 is 0 Å². The summed E-state index contributed by atoms with van der Waals surface area (Å²) in [5.74, 6) is -17.3. The third kappa shape index (κ3) is 2.82. The molecule has 0 saturated carbocycles. The Kier molecular flexibility index (Phi) is 4.09. The molecule has 0 N–H and O–H groups in total. The van der Waals surface area contributed by atoms with Crippen LogP contribution in [0.15, 0.2) is 9.21 Å². The van der Waals surface area contributed by atoms with Crippen molar-refractivity contribution in [1.29, 1.82) is 0 Å². The van der Waals surface area contributed by atoms with Crippen molar-refractivity contribution in [2.24, 2.45) is 0 Å². The molecule has 0 aliphatic heterocycles. The first kappa shape index (κ1) is 18.7. The molecule has 25 heavy (non-hydrogen) atoms. The van der Waals surface area contributed by atoms with Crippen molar-refractivity contribution in [1.82, 2.24) is 0 Å². The topological polar surface area (TPSA) is 47.3 Å². The Bertz CT molecular complexity index is 951. The molecule has 0 fully saturated rings. The lowest BCUT2D eigenvalue weighted by atomic mass is 9.99. The van der Waals surface area contributed by atoms with Crippen LogP contribution in [0.5, 0.6) is 0 Å². The maximum atomic E-state index is 13.7. The number of alkyl halides is 6. The van der Waals surface area contributed by atoms with E-state index in [0.29, 0.717) is 0 Å². The molecule has 0 saturated heterocycles. The predicted molar refractivity (Wildman–Crippen MR) is 57.7 cm³/mol. The van der Waals surface area contributed by atoms with E-state index in [4.69, 9.17) is 0 Å². The van der Waals surface area contributed by atoms with Gasteiger partial charge in [-0.1, -0.05) is 0 Å². The number of benzene rings is 1. The molecule has 2 aromatic rings. The van der Waals surface area contributed by atoms with Crippen molar-refractivity contribution in [3.05, 3.63) is 45.0 Å². The van der Waals surface area contributed by atoms with Crippen LogP contribution < -0.4 is 5.63 Å². The summed E-state index contributed by atoms with van der Waals surface area (Å²) in [6, 6.07) is 0. The van der Waals surface area contributed by atoms with Crippen LogP contribution in [0.4, 0.5) is 43.9 Å². The molecule has 0 atom stereocenters. The second kappa shape index (κ2) is 5.46. The van der Waals surface area contributed by atoms with Gasteiger partial charge in [-0.05, 0) is 0 Å². The highest BCUT2D eigenvalue weighted by atomic mass is 19.4. The molecule has 0 spiro atoms. The summed E-state index contributed by atoms with van der Waals surface area (Å²) in [4.78, 5) is 22.6. The van der Waals surface area contributed by atoms with Gasteiger partial charge in [0.05, 0.1) is 5.56 Å². The van der Waals surface area contributed by atoms with Crippen molar-refractivity contribution in [3.63, 3.8) is 0 Å². The van der Waals surface area contributed by atoms with Gasteiger partial charge in [0.1, 0.15) is 5.39 Å². The number of ketones is 1. The molecule has 2 rings (SSSR count). The van der Waals surface area contributed by atoms with E-state index in [1.165, 1.54) is 0 Å². The largest absolute Gasteiger partial charge is 0.455 e. The van der Waals surface area contributed by atoms with Crippen LogP contribution in [0.2, 0.25) is 0 Å². The van der Waals surface area contributed by atoms with E-state index in [9.17, 15) is 53.5 Å². The number of hydrogen-bond donors (Lipinski definition) is 0. The Balaban J connectivity index is 3.24. The van der Waals surface area contributed by atoms with Gasteiger partial charge in [-0.2, -0.15) is 26.3 Å². The summed E-state index contributed by atoms with van der Waals surface area (Å²) in [5, 5.41) is -4.45. The van der Waals surface area contributed by atoms with Crippen molar-refractivity contribution in [3.8, 4) is 0 Å². The lowest BCUT2D eigenvalue weighted by Gasteiger charge is -2.15. The summed E-state index contributed by atoms with van der Waals surface area (Å²) < 4.78 is 133. The quantitative estimate of drug-likeness (QED) is 0.323. The fourth-order valence-corrected chi connectivity index (χ4v) is 1.92. The summed E-state index contributed by atoms with van der Waals surface area (Å²) in [7, 11) is 0. The van der Waals surface area contributed by atoms with Crippen molar-refractivity contribution in [2.45, 2.75) is 12.4 Å². The van der Waals surface area contributed by atoms with Gasteiger partial charge in [-0.3, -0.25) is 4.79 Å². The van der Waals surface area contributed by atoms with Gasteiger partial charge in [-0.25, -0.2) is 22.4 Å². The zero-order chi connectivity index (χ0) is 19.5. The smallest absolute Gasteiger partial charge is 0.417 e. The summed E-state index contributed by atoms with van der Waals surface area (Å²) in [5.41, 5.74) is -5.17. The molecule has 0 amide bonds. The molecule has 0 unspecified atom stereocenters. The highest BCUT2D eigenvalue weighted by Gasteiger charge is 2.49. The fraction of sp³-hybridized carbons (Fsp3) is 0.167. The Hall–Kier alpha value is -2.60. The molecule has 1 aromatic heterocycles. The molecule has 0 aliphatic carbocycles. The van der Waals surface area contributed by atoms with Gasteiger partial charge in [0.2, 0.25) is 5.76 Å². The van der Waals surface area contributed by atoms with Gasteiger partial charge < -0.3 is 4.42 Å². The minimum atomic E-state index is -6.07. The monoisotopic (exact) mass is 382 g/mol. The van der Waals surface area contributed by atoms with Crippen LogP contribution in [-0.2, 0) is 6.18 Å². The molecule has 136 valence electrons. The average molecular weight is 382 g/mol. The van der Waals surface area contributed by atoms with Crippen LogP contribution >= 0.6 is 0 Å².